The molecule has 0 aliphatic heterocycles. The largest absolute Gasteiger partial charge is 0.311 e. The Bertz CT molecular complexity index is 143. The Labute approximate surface area is 75.9 Å². The summed E-state index contributed by atoms with van der Waals surface area (Å²) in [6.45, 7) is 3.70. The van der Waals surface area contributed by atoms with Crippen LogP contribution >= 0.6 is 0 Å². The summed E-state index contributed by atoms with van der Waals surface area (Å²) >= 11 is 0. The molecule has 2 saturated carbocycles. The predicted molar refractivity (Wildman–Crippen MR) is 52.2 cm³/mol. The van der Waals surface area contributed by atoms with E-state index in [1.54, 1.807) is 0 Å². The highest BCUT2D eigenvalue weighted by molar-refractivity contribution is 4.88. The van der Waals surface area contributed by atoms with Gasteiger partial charge in [0.1, 0.15) is 0 Å². The van der Waals surface area contributed by atoms with Crippen LogP contribution in [0.2, 0.25) is 0 Å². The number of hydrogen-bond donors (Lipinski definition) is 1. The number of rotatable bonds is 3. The maximum atomic E-state index is 3.76. The maximum absolute atomic E-state index is 3.76. The number of nitrogens with one attached hydrogen (secondary N) is 1. The van der Waals surface area contributed by atoms with Crippen molar-refractivity contribution in [2.45, 2.75) is 57.4 Å². The van der Waals surface area contributed by atoms with Crippen LogP contribution < -0.4 is 5.32 Å². The summed E-state index contributed by atoms with van der Waals surface area (Å²) in [7, 11) is 0. The molecule has 12 heavy (non-hydrogen) atoms. The lowest BCUT2D eigenvalue weighted by atomic mass is 9.83. The highest BCUT2D eigenvalue weighted by Gasteiger charge is 2.29. The maximum Gasteiger partial charge on any atom is 0.0153 e. The second kappa shape index (κ2) is 3.37. The molecule has 0 aromatic rings. The zero-order valence-electron chi connectivity index (χ0n) is 8.23. The van der Waals surface area contributed by atoms with Crippen molar-refractivity contribution in [2.24, 2.45) is 5.92 Å². The molecule has 0 aromatic carbocycles. The Morgan fingerprint density at radius 3 is 2.42 bits per heavy atom. The van der Waals surface area contributed by atoms with Crippen LogP contribution in [0.15, 0.2) is 0 Å². The van der Waals surface area contributed by atoms with Gasteiger partial charge in [0.05, 0.1) is 0 Å². The highest BCUT2D eigenvalue weighted by atomic mass is 15.0. The van der Waals surface area contributed by atoms with E-state index in [0.717, 1.165) is 5.92 Å². The van der Waals surface area contributed by atoms with Crippen LogP contribution in [0.25, 0.3) is 0 Å². The summed E-state index contributed by atoms with van der Waals surface area (Å²) in [5.74, 6) is 1.03. The first kappa shape index (κ1) is 8.55. The molecule has 2 aliphatic carbocycles. The van der Waals surface area contributed by atoms with Crippen LogP contribution in [-0.4, -0.2) is 12.1 Å². The van der Waals surface area contributed by atoms with Gasteiger partial charge in [-0.1, -0.05) is 19.3 Å². The lowest BCUT2D eigenvalue weighted by molar-refractivity contribution is 0.252. The molecular weight excluding hydrogens is 146 g/mol. The predicted octanol–water partition coefficient (Wildman–Crippen LogP) is 2.71. The summed E-state index contributed by atoms with van der Waals surface area (Å²) in [6, 6.07) is 0. The van der Waals surface area contributed by atoms with E-state index < -0.39 is 0 Å². The molecular formula is C11H21N. The molecule has 0 amide bonds. The molecule has 2 fully saturated rings. The fourth-order valence-corrected chi connectivity index (χ4v) is 2.22. The fraction of sp³-hybridized carbons (Fsp3) is 1.00. The zero-order valence-corrected chi connectivity index (χ0v) is 8.23. The van der Waals surface area contributed by atoms with Gasteiger partial charge in [0.15, 0.2) is 0 Å². The van der Waals surface area contributed by atoms with Gasteiger partial charge in [-0.25, -0.2) is 0 Å². The molecule has 0 atom stereocenters. The molecule has 2 aliphatic rings. The average Bonchev–Trinajstić information content (AvgIpc) is 2.85. The first-order chi connectivity index (χ1) is 5.79. The Kier molecular flexibility index (Phi) is 2.40. The van der Waals surface area contributed by atoms with Gasteiger partial charge < -0.3 is 5.32 Å². The fourth-order valence-electron chi connectivity index (χ4n) is 2.22. The van der Waals surface area contributed by atoms with Crippen LogP contribution in [0.5, 0.6) is 0 Å². The summed E-state index contributed by atoms with van der Waals surface area (Å²) < 4.78 is 0. The average molecular weight is 167 g/mol. The van der Waals surface area contributed by atoms with Crippen molar-refractivity contribution >= 4 is 0 Å². The van der Waals surface area contributed by atoms with Gasteiger partial charge >= 0.3 is 0 Å². The van der Waals surface area contributed by atoms with Crippen LogP contribution in [0.1, 0.15) is 51.9 Å². The Hall–Kier alpha value is -0.0400. The molecule has 1 N–H and O–H groups in total. The minimum Gasteiger partial charge on any atom is -0.311 e. The van der Waals surface area contributed by atoms with E-state index in [1.807, 2.05) is 0 Å². The van der Waals surface area contributed by atoms with Crippen molar-refractivity contribution in [2.75, 3.05) is 6.54 Å². The normalized spacial score (nSPS) is 28.8. The third-order valence-corrected chi connectivity index (χ3v) is 3.47. The van der Waals surface area contributed by atoms with Gasteiger partial charge in [-0.2, -0.15) is 0 Å². The monoisotopic (exact) mass is 167 g/mol. The van der Waals surface area contributed by atoms with Gasteiger partial charge in [-0.3, -0.25) is 0 Å². The zero-order chi connectivity index (χ0) is 8.44. The lowest BCUT2D eigenvalue weighted by Crippen LogP contribution is -2.44. The van der Waals surface area contributed by atoms with Crippen molar-refractivity contribution in [3.63, 3.8) is 0 Å². The second-order valence-electron chi connectivity index (χ2n) is 4.95. The topological polar surface area (TPSA) is 12.0 Å². The van der Waals surface area contributed by atoms with Crippen molar-refractivity contribution in [3.05, 3.63) is 0 Å². The van der Waals surface area contributed by atoms with Gasteiger partial charge in [-0.05, 0) is 45.1 Å². The molecule has 0 bridgehead atoms. The van der Waals surface area contributed by atoms with Crippen LogP contribution in [-0.2, 0) is 0 Å². The third kappa shape index (κ3) is 2.22. The third-order valence-electron chi connectivity index (χ3n) is 3.47. The van der Waals surface area contributed by atoms with E-state index in [-0.39, 0.29) is 0 Å². The molecule has 70 valence electrons. The standard InChI is InChI=1S/C11H21N/c1-11(7-3-2-4-8-11)12-9-10-5-6-10/h10,12H,2-9H2,1H3. The lowest BCUT2D eigenvalue weighted by Gasteiger charge is -2.34. The molecule has 0 saturated heterocycles. The van der Waals surface area contributed by atoms with Gasteiger partial charge in [0.2, 0.25) is 0 Å². The Morgan fingerprint density at radius 2 is 1.83 bits per heavy atom. The van der Waals surface area contributed by atoms with E-state index >= 15 is 0 Å². The number of hydrogen-bond acceptors (Lipinski definition) is 1. The minimum absolute atomic E-state index is 0.501. The van der Waals surface area contributed by atoms with Gasteiger partial charge in [0.25, 0.3) is 0 Å². The summed E-state index contributed by atoms with van der Waals surface area (Å²) in [4.78, 5) is 0. The van der Waals surface area contributed by atoms with Crippen molar-refractivity contribution in [1.82, 2.24) is 5.32 Å². The smallest absolute Gasteiger partial charge is 0.0153 e. The quantitative estimate of drug-likeness (QED) is 0.681. The van der Waals surface area contributed by atoms with Gasteiger partial charge in [0, 0.05) is 5.54 Å². The van der Waals surface area contributed by atoms with E-state index in [1.165, 1.54) is 51.5 Å². The van der Waals surface area contributed by atoms with Gasteiger partial charge in [-0.15, -0.1) is 0 Å². The van der Waals surface area contributed by atoms with Crippen LogP contribution in [0.4, 0.5) is 0 Å². The summed E-state index contributed by atoms with van der Waals surface area (Å²) in [6.07, 6.45) is 10.1. The van der Waals surface area contributed by atoms with Crippen LogP contribution in [0, 0.1) is 5.92 Å². The first-order valence-corrected chi connectivity index (χ1v) is 5.54. The van der Waals surface area contributed by atoms with Crippen LogP contribution in [0.3, 0.4) is 0 Å². The Balaban J connectivity index is 1.73. The van der Waals surface area contributed by atoms with Crippen molar-refractivity contribution in [3.8, 4) is 0 Å². The second-order valence-corrected chi connectivity index (χ2v) is 4.95. The minimum atomic E-state index is 0.501. The first-order valence-electron chi connectivity index (χ1n) is 5.54. The summed E-state index contributed by atoms with van der Waals surface area (Å²) in [5.41, 5.74) is 0.501. The van der Waals surface area contributed by atoms with E-state index in [0.29, 0.717) is 5.54 Å². The SMILES string of the molecule is CC1(NCC2CC2)CCCCC1. The summed E-state index contributed by atoms with van der Waals surface area (Å²) in [5, 5.41) is 3.76. The molecule has 0 heterocycles. The molecule has 0 unspecified atom stereocenters. The van der Waals surface area contributed by atoms with Crippen molar-refractivity contribution in [1.29, 1.82) is 0 Å². The Morgan fingerprint density at radius 1 is 1.17 bits per heavy atom. The van der Waals surface area contributed by atoms with Crippen molar-refractivity contribution < 1.29 is 0 Å². The van der Waals surface area contributed by atoms with E-state index in [2.05, 4.69) is 12.2 Å². The molecule has 1 nitrogen and oxygen atoms in total. The van der Waals surface area contributed by atoms with E-state index in [9.17, 15) is 0 Å². The molecule has 0 radical (unpaired) electrons. The van der Waals surface area contributed by atoms with E-state index in [4.69, 9.17) is 0 Å². The molecule has 0 aromatic heterocycles. The molecule has 2 rings (SSSR count). The molecule has 0 spiro atoms. The molecule has 1 heteroatoms. The highest BCUT2D eigenvalue weighted by Crippen LogP contribution is 2.31.